The number of aromatic nitrogens is 1. The highest BCUT2D eigenvalue weighted by Gasteiger charge is 2.30. The molecule has 32 heavy (non-hydrogen) atoms. The van der Waals surface area contributed by atoms with Gasteiger partial charge in [0.2, 0.25) is 12.2 Å². The minimum Gasteiger partial charge on any atom is -0.358 e. The van der Waals surface area contributed by atoms with Gasteiger partial charge in [0.1, 0.15) is 11.5 Å². The van der Waals surface area contributed by atoms with Crippen LogP contribution in [0.2, 0.25) is 0 Å². The van der Waals surface area contributed by atoms with Crippen LogP contribution in [0.1, 0.15) is 41.7 Å². The topological polar surface area (TPSA) is 99.5 Å². The number of benzene rings is 1. The Morgan fingerprint density at radius 1 is 1.28 bits per heavy atom. The Hall–Kier alpha value is -3.12. The minimum absolute atomic E-state index is 0.102. The summed E-state index contributed by atoms with van der Waals surface area (Å²) in [6.07, 6.45) is 5.89. The van der Waals surface area contributed by atoms with Gasteiger partial charge in [-0.25, -0.2) is 4.39 Å². The number of aromatic amines is 1. The summed E-state index contributed by atoms with van der Waals surface area (Å²) in [4.78, 5) is 24.4. The van der Waals surface area contributed by atoms with Gasteiger partial charge in [-0.3, -0.25) is 9.69 Å². The minimum atomic E-state index is -0.320. The van der Waals surface area contributed by atoms with Crippen LogP contribution in [0.3, 0.4) is 0 Å². The molecule has 0 spiro atoms. The molecular weight excluding hydrogens is 409 g/mol. The van der Waals surface area contributed by atoms with E-state index in [2.05, 4.69) is 30.4 Å². The number of nitriles is 1. The SMILES string of the molecule is CN/C(=N\C#N)N1CCN([C@H]2CCC[C@@H](NC(=O)c3cc4c(F)ccc(C)c4[nH]3)C2)CC1. The molecule has 9 heteroatoms. The van der Waals surface area contributed by atoms with E-state index in [0.717, 1.165) is 57.4 Å². The van der Waals surface area contributed by atoms with Gasteiger partial charge < -0.3 is 20.5 Å². The molecule has 1 aliphatic heterocycles. The third-order valence-electron chi connectivity index (χ3n) is 6.69. The van der Waals surface area contributed by atoms with E-state index in [4.69, 9.17) is 5.26 Å². The molecule has 0 unspecified atom stereocenters. The number of piperazine rings is 1. The number of nitrogens with one attached hydrogen (secondary N) is 3. The van der Waals surface area contributed by atoms with E-state index in [9.17, 15) is 9.18 Å². The highest BCUT2D eigenvalue weighted by atomic mass is 19.1. The second kappa shape index (κ2) is 9.57. The van der Waals surface area contributed by atoms with Crippen LogP contribution in [0, 0.1) is 24.2 Å². The molecule has 8 nitrogen and oxygen atoms in total. The zero-order chi connectivity index (χ0) is 22.7. The van der Waals surface area contributed by atoms with E-state index in [-0.39, 0.29) is 17.8 Å². The van der Waals surface area contributed by atoms with Gasteiger partial charge in [-0.05, 0) is 50.3 Å². The summed E-state index contributed by atoms with van der Waals surface area (Å²) in [5, 5.41) is 15.4. The third kappa shape index (κ3) is 4.55. The van der Waals surface area contributed by atoms with E-state index >= 15 is 0 Å². The zero-order valence-corrected chi connectivity index (χ0v) is 18.6. The normalized spacial score (nSPS) is 22.6. The number of guanidine groups is 1. The van der Waals surface area contributed by atoms with Gasteiger partial charge in [0.05, 0.1) is 5.52 Å². The number of rotatable bonds is 3. The molecule has 1 saturated carbocycles. The van der Waals surface area contributed by atoms with Crippen LogP contribution in [-0.2, 0) is 0 Å². The molecule has 4 rings (SSSR count). The first-order valence-corrected chi connectivity index (χ1v) is 11.2. The fraction of sp³-hybridized carbons (Fsp3) is 0.522. The fourth-order valence-electron chi connectivity index (χ4n) is 4.97. The lowest BCUT2D eigenvalue weighted by molar-refractivity contribution is 0.0821. The highest BCUT2D eigenvalue weighted by Crippen LogP contribution is 2.26. The van der Waals surface area contributed by atoms with Crippen LogP contribution in [0.25, 0.3) is 10.9 Å². The van der Waals surface area contributed by atoms with Crippen LogP contribution in [0.4, 0.5) is 4.39 Å². The number of aryl methyl sites for hydroxylation is 1. The number of halogens is 1. The average Bonchev–Trinajstić information content (AvgIpc) is 3.28. The number of hydrogen-bond donors (Lipinski definition) is 3. The van der Waals surface area contributed by atoms with Crippen LogP contribution in [0.5, 0.6) is 0 Å². The Morgan fingerprint density at radius 2 is 2.06 bits per heavy atom. The number of carbonyl (C=O) groups excluding carboxylic acids is 1. The lowest BCUT2D eigenvalue weighted by atomic mass is 9.89. The quantitative estimate of drug-likeness (QED) is 0.387. The lowest BCUT2D eigenvalue weighted by Crippen LogP contribution is -2.56. The maximum atomic E-state index is 14.1. The van der Waals surface area contributed by atoms with E-state index in [1.807, 2.05) is 13.1 Å². The monoisotopic (exact) mass is 439 g/mol. The van der Waals surface area contributed by atoms with Crippen molar-refractivity contribution in [2.75, 3.05) is 33.2 Å². The van der Waals surface area contributed by atoms with Crippen molar-refractivity contribution in [3.8, 4) is 6.19 Å². The molecule has 2 aromatic rings. The molecule has 1 aliphatic carbocycles. The van der Waals surface area contributed by atoms with Gasteiger partial charge in [0, 0.05) is 50.7 Å². The fourth-order valence-corrected chi connectivity index (χ4v) is 4.97. The lowest BCUT2D eigenvalue weighted by Gasteiger charge is -2.43. The van der Waals surface area contributed by atoms with Gasteiger partial charge in [0.25, 0.3) is 5.91 Å². The number of aliphatic imine (C=N–C) groups is 1. The van der Waals surface area contributed by atoms with Gasteiger partial charge >= 0.3 is 0 Å². The first-order valence-electron chi connectivity index (χ1n) is 11.2. The summed E-state index contributed by atoms with van der Waals surface area (Å²) in [6.45, 7) is 5.33. The molecule has 1 saturated heterocycles. The average molecular weight is 440 g/mol. The highest BCUT2D eigenvalue weighted by molar-refractivity contribution is 5.99. The first kappa shape index (κ1) is 22.1. The predicted molar refractivity (Wildman–Crippen MR) is 122 cm³/mol. The second-order valence-electron chi connectivity index (χ2n) is 8.64. The summed E-state index contributed by atoms with van der Waals surface area (Å²) in [7, 11) is 1.78. The van der Waals surface area contributed by atoms with Crippen molar-refractivity contribution in [2.24, 2.45) is 4.99 Å². The molecule has 2 atom stereocenters. The van der Waals surface area contributed by atoms with Crippen molar-refractivity contribution < 1.29 is 9.18 Å². The van der Waals surface area contributed by atoms with Crippen molar-refractivity contribution >= 4 is 22.8 Å². The molecule has 1 aromatic heterocycles. The van der Waals surface area contributed by atoms with E-state index < -0.39 is 0 Å². The van der Waals surface area contributed by atoms with Gasteiger partial charge in [-0.15, -0.1) is 4.99 Å². The number of nitrogens with zero attached hydrogens (tertiary/aromatic N) is 4. The maximum absolute atomic E-state index is 14.1. The molecule has 2 fully saturated rings. The van der Waals surface area contributed by atoms with Gasteiger partial charge in [-0.1, -0.05) is 6.07 Å². The van der Waals surface area contributed by atoms with E-state index in [1.165, 1.54) is 6.07 Å². The largest absolute Gasteiger partial charge is 0.358 e. The predicted octanol–water partition coefficient (Wildman–Crippen LogP) is 2.33. The standard InChI is InChI=1S/C23H30FN7O/c1-15-6-7-19(24)18-13-20(29-21(15)18)22(32)28-16-4-3-5-17(12-16)30-8-10-31(11-9-30)23(26-2)27-14-25/h6-7,13,16-17,29H,3-5,8-12H2,1-2H3,(H,26,27)(H,28,32)/t16-,17+/m1/s1. The Balaban J connectivity index is 1.35. The van der Waals surface area contributed by atoms with Crippen LogP contribution in [-0.4, -0.2) is 72.0 Å². The molecule has 0 bridgehead atoms. The molecule has 170 valence electrons. The summed E-state index contributed by atoms with van der Waals surface area (Å²) in [6, 6.07) is 5.28. The molecule has 0 radical (unpaired) electrons. The maximum Gasteiger partial charge on any atom is 0.267 e. The number of hydrogen-bond acceptors (Lipinski definition) is 4. The smallest absolute Gasteiger partial charge is 0.267 e. The molecule has 1 amide bonds. The number of H-pyrrole nitrogens is 1. The Labute approximate surface area is 187 Å². The number of carbonyl (C=O) groups is 1. The van der Waals surface area contributed by atoms with Crippen LogP contribution < -0.4 is 10.6 Å². The van der Waals surface area contributed by atoms with Crippen molar-refractivity contribution in [1.29, 1.82) is 5.26 Å². The van der Waals surface area contributed by atoms with E-state index in [0.29, 0.717) is 28.6 Å². The summed E-state index contributed by atoms with van der Waals surface area (Å²) in [5.74, 6) is 0.117. The Bertz CT molecular complexity index is 1010. The molecule has 3 N–H and O–H groups in total. The molecule has 2 heterocycles. The van der Waals surface area contributed by atoms with Crippen molar-refractivity contribution in [1.82, 2.24) is 25.4 Å². The summed E-state index contributed by atoms with van der Waals surface area (Å²) >= 11 is 0. The van der Waals surface area contributed by atoms with Crippen molar-refractivity contribution in [3.63, 3.8) is 0 Å². The Morgan fingerprint density at radius 3 is 2.75 bits per heavy atom. The number of amides is 1. The zero-order valence-electron chi connectivity index (χ0n) is 18.6. The van der Waals surface area contributed by atoms with Gasteiger partial charge in [-0.2, -0.15) is 5.26 Å². The third-order valence-corrected chi connectivity index (χ3v) is 6.69. The molecular formula is C23H30FN7O. The summed E-state index contributed by atoms with van der Waals surface area (Å²) < 4.78 is 14.1. The summed E-state index contributed by atoms with van der Waals surface area (Å²) in [5.41, 5.74) is 1.99. The van der Waals surface area contributed by atoms with Crippen LogP contribution in [0.15, 0.2) is 23.2 Å². The second-order valence-corrected chi connectivity index (χ2v) is 8.64. The number of fused-ring (bicyclic) bond motifs is 1. The van der Waals surface area contributed by atoms with Crippen molar-refractivity contribution in [2.45, 2.75) is 44.7 Å². The first-order chi connectivity index (χ1) is 15.5. The van der Waals surface area contributed by atoms with Gasteiger partial charge in [0.15, 0.2) is 0 Å². The molecule has 2 aliphatic rings. The van der Waals surface area contributed by atoms with E-state index in [1.54, 1.807) is 19.2 Å². The van der Waals surface area contributed by atoms with Crippen molar-refractivity contribution in [3.05, 3.63) is 35.3 Å². The van der Waals surface area contributed by atoms with Crippen LogP contribution >= 0.6 is 0 Å². The Kier molecular flexibility index (Phi) is 6.61. The molecule has 1 aromatic carbocycles.